The second kappa shape index (κ2) is 7.78. The van der Waals surface area contributed by atoms with Gasteiger partial charge in [-0.25, -0.2) is 0 Å². The molecule has 0 bridgehead atoms. The number of nitrogens with zero attached hydrogens (tertiary/aromatic N) is 2. The third kappa shape index (κ3) is 3.64. The molecule has 3 aliphatic rings. The van der Waals surface area contributed by atoms with Crippen LogP contribution < -0.4 is 5.32 Å². The van der Waals surface area contributed by atoms with E-state index < -0.39 is 6.04 Å². The van der Waals surface area contributed by atoms with Crippen LogP contribution in [0.2, 0.25) is 0 Å². The van der Waals surface area contributed by atoms with E-state index in [-0.39, 0.29) is 22.6 Å². The van der Waals surface area contributed by atoms with Crippen LogP contribution in [0.25, 0.3) is 0 Å². The molecule has 4 rings (SSSR count). The van der Waals surface area contributed by atoms with Crippen LogP contribution in [0.3, 0.4) is 0 Å². The molecule has 0 radical (unpaired) electrons. The van der Waals surface area contributed by atoms with Crippen LogP contribution >= 0.6 is 11.8 Å². The Bertz CT molecular complexity index is 774. The lowest BCUT2D eigenvalue weighted by atomic mass is 10.1. The van der Waals surface area contributed by atoms with Gasteiger partial charge in [-0.15, -0.1) is 11.8 Å². The zero-order valence-electron chi connectivity index (χ0n) is 16.3. The monoisotopic (exact) mass is 401 g/mol. The van der Waals surface area contributed by atoms with Crippen molar-refractivity contribution in [3.05, 3.63) is 29.8 Å². The molecule has 28 heavy (non-hydrogen) atoms. The van der Waals surface area contributed by atoms with Gasteiger partial charge in [-0.2, -0.15) is 0 Å². The Morgan fingerprint density at radius 3 is 2.46 bits per heavy atom. The summed E-state index contributed by atoms with van der Waals surface area (Å²) in [4.78, 5) is 41.1. The number of carbonyl (C=O) groups is 3. The van der Waals surface area contributed by atoms with Crippen LogP contribution in [-0.4, -0.2) is 57.3 Å². The molecule has 0 unspecified atom stereocenters. The van der Waals surface area contributed by atoms with Gasteiger partial charge in [0.25, 0.3) is 5.91 Å². The fourth-order valence-corrected chi connectivity index (χ4v) is 5.82. The second-order valence-electron chi connectivity index (χ2n) is 8.04. The van der Waals surface area contributed by atoms with E-state index in [4.69, 9.17) is 0 Å². The summed E-state index contributed by atoms with van der Waals surface area (Å²) in [5.41, 5.74) is 1.31. The zero-order valence-corrected chi connectivity index (χ0v) is 17.1. The van der Waals surface area contributed by atoms with Gasteiger partial charge in [-0.3, -0.25) is 14.4 Å². The number of hydrogen-bond donors (Lipinski definition) is 1. The molecule has 3 fully saturated rings. The van der Waals surface area contributed by atoms with Crippen LogP contribution in [-0.2, 0) is 9.59 Å². The first kappa shape index (κ1) is 19.3. The van der Waals surface area contributed by atoms with Crippen molar-refractivity contribution < 1.29 is 14.4 Å². The molecule has 3 saturated heterocycles. The SMILES string of the molecule is C[C@@]12CCC(=O)N1[C@H](C(=O)Nc1ccc(C(=O)N3CCCCCC3)cc1)CS2. The largest absolute Gasteiger partial charge is 0.339 e. The first-order chi connectivity index (χ1) is 13.5. The van der Waals surface area contributed by atoms with Gasteiger partial charge >= 0.3 is 0 Å². The Kier molecular flexibility index (Phi) is 5.36. The molecule has 2 atom stereocenters. The number of carbonyl (C=O) groups excluding carboxylic acids is 3. The second-order valence-corrected chi connectivity index (χ2v) is 9.54. The molecule has 3 heterocycles. The summed E-state index contributed by atoms with van der Waals surface area (Å²) in [5, 5.41) is 2.92. The van der Waals surface area contributed by atoms with Gasteiger partial charge in [0.1, 0.15) is 6.04 Å². The summed E-state index contributed by atoms with van der Waals surface area (Å²) in [7, 11) is 0. The number of thioether (sulfide) groups is 1. The summed E-state index contributed by atoms with van der Waals surface area (Å²) in [5.74, 6) is 0.592. The molecule has 6 nitrogen and oxygen atoms in total. The summed E-state index contributed by atoms with van der Waals surface area (Å²) in [6.07, 6.45) is 5.81. The Morgan fingerprint density at radius 2 is 1.79 bits per heavy atom. The average Bonchev–Trinajstić information content (AvgIpc) is 3.03. The third-order valence-corrected chi connectivity index (χ3v) is 7.55. The first-order valence-electron chi connectivity index (χ1n) is 10.1. The van der Waals surface area contributed by atoms with E-state index in [1.54, 1.807) is 40.9 Å². The van der Waals surface area contributed by atoms with E-state index in [2.05, 4.69) is 5.32 Å². The molecule has 3 aliphatic heterocycles. The van der Waals surface area contributed by atoms with Gasteiger partial charge in [0.05, 0.1) is 4.87 Å². The minimum Gasteiger partial charge on any atom is -0.339 e. The standard InChI is InChI=1S/C21H27N3O3S/c1-21-11-10-18(25)24(21)17(14-28-21)19(26)22-16-8-6-15(7-9-16)20(27)23-12-4-2-3-5-13-23/h6-9,17H,2-5,10-14H2,1H3,(H,22,26)/t17-,21+/m0/s1. The smallest absolute Gasteiger partial charge is 0.253 e. The summed E-state index contributed by atoms with van der Waals surface area (Å²) in [6, 6.07) is 6.67. The lowest BCUT2D eigenvalue weighted by Crippen LogP contribution is -2.48. The minimum atomic E-state index is -0.427. The number of rotatable bonds is 3. The van der Waals surface area contributed by atoms with Gasteiger partial charge in [0.2, 0.25) is 11.8 Å². The molecular formula is C21H27N3O3S. The molecule has 1 aromatic rings. The van der Waals surface area contributed by atoms with Crippen LogP contribution in [0, 0.1) is 0 Å². The summed E-state index contributed by atoms with van der Waals surface area (Å²) < 4.78 is 0. The average molecular weight is 402 g/mol. The van der Waals surface area contributed by atoms with Gasteiger partial charge in [-0.1, -0.05) is 12.8 Å². The minimum absolute atomic E-state index is 0.0606. The van der Waals surface area contributed by atoms with Crippen molar-refractivity contribution in [2.75, 3.05) is 24.2 Å². The number of fused-ring (bicyclic) bond motifs is 1. The predicted molar refractivity (Wildman–Crippen MR) is 110 cm³/mol. The number of nitrogens with one attached hydrogen (secondary N) is 1. The van der Waals surface area contributed by atoms with Gasteiger partial charge in [0, 0.05) is 36.5 Å². The first-order valence-corrected chi connectivity index (χ1v) is 11.1. The van der Waals surface area contributed by atoms with Gasteiger partial charge < -0.3 is 15.1 Å². The fraction of sp³-hybridized carbons (Fsp3) is 0.571. The Balaban J connectivity index is 1.40. The van der Waals surface area contributed by atoms with E-state index in [1.165, 1.54) is 12.8 Å². The highest BCUT2D eigenvalue weighted by atomic mass is 32.2. The van der Waals surface area contributed by atoms with Crippen molar-refractivity contribution in [2.45, 2.75) is 56.4 Å². The highest BCUT2D eigenvalue weighted by Crippen LogP contribution is 2.47. The molecule has 0 aromatic heterocycles. The van der Waals surface area contributed by atoms with Crippen LogP contribution in [0.4, 0.5) is 5.69 Å². The number of likely N-dealkylation sites (tertiary alicyclic amines) is 1. The summed E-state index contributed by atoms with van der Waals surface area (Å²) >= 11 is 1.68. The quantitative estimate of drug-likeness (QED) is 0.845. The number of anilines is 1. The molecule has 0 saturated carbocycles. The van der Waals surface area contributed by atoms with Crippen molar-refractivity contribution in [3.8, 4) is 0 Å². The molecule has 0 aliphatic carbocycles. The third-order valence-electron chi connectivity index (χ3n) is 6.04. The lowest BCUT2D eigenvalue weighted by Gasteiger charge is -2.29. The molecule has 0 spiro atoms. The molecule has 150 valence electrons. The Hall–Kier alpha value is -2.02. The van der Waals surface area contributed by atoms with Crippen molar-refractivity contribution in [1.29, 1.82) is 0 Å². The van der Waals surface area contributed by atoms with Crippen molar-refractivity contribution in [2.24, 2.45) is 0 Å². The van der Waals surface area contributed by atoms with Crippen molar-refractivity contribution in [1.82, 2.24) is 9.80 Å². The Morgan fingerprint density at radius 1 is 1.11 bits per heavy atom. The van der Waals surface area contributed by atoms with E-state index in [9.17, 15) is 14.4 Å². The molecule has 3 amide bonds. The zero-order chi connectivity index (χ0) is 19.7. The van der Waals surface area contributed by atoms with Gasteiger partial charge in [-0.05, 0) is 50.5 Å². The fourth-order valence-electron chi connectivity index (χ4n) is 4.39. The van der Waals surface area contributed by atoms with Crippen LogP contribution in [0.15, 0.2) is 24.3 Å². The number of benzene rings is 1. The van der Waals surface area contributed by atoms with Crippen LogP contribution in [0.1, 0.15) is 55.8 Å². The maximum atomic E-state index is 12.8. The van der Waals surface area contributed by atoms with E-state index in [0.29, 0.717) is 23.4 Å². The van der Waals surface area contributed by atoms with Crippen LogP contribution in [0.5, 0.6) is 0 Å². The van der Waals surface area contributed by atoms with E-state index in [1.807, 2.05) is 11.8 Å². The maximum Gasteiger partial charge on any atom is 0.253 e. The maximum absolute atomic E-state index is 12.8. The molecule has 1 N–H and O–H groups in total. The number of hydrogen-bond acceptors (Lipinski definition) is 4. The topological polar surface area (TPSA) is 69.7 Å². The van der Waals surface area contributed by atoms with E-state index >= 15 is 0 Å². The van der Waals surface area contributed by atoms with E-state index in [0.717, 1.165) is 32.4 Å². The van der Waals surface area contributed by atoms with Crippen molar-refractivity contribution >= 4 is 35.2 Å². The normalized spacial score (nSPS) is 27.5. The van der Waals surface area contributed by atoms with Crippen molar-refractivity contribution in [3.63, 3.8) is 0 Å². The highest BCUT2D eigenvalue weighted by molar-refractivity contribution is 8.01. The predicted octanol–water partition coefficient (Wildman–Crippen LogP) is 3.10. The molecule has 1 aromatic carbocycles. The Labute approximate surface area is 170 Å². The highest BCUT2D eigenvalue weighted by Gasteiger charge is 2.52. The molecular weight excluding hydrogens is 374 g/mol. The molecule has 7 heteroatoms. The summed E-state index contributed by atoms with van der Waals surface area (Å²) in [6.45, 7) is 3.68. The lowest BCUT2D eigenvalue weighted by molar-refractivity contribution is -0.135. The van der Waals surface area contributed by atoms with Gasteiger partial charge in [0.15, 0.2) is 0 Å². The number of amides is 3.